The van der Waals surface area contributed by atoms with Crippen LogP contribution in [0.2, 0.25) is 0 Å². The Morgan fingerprint density at radius 2 is 2.30 bits per heavy atom. The molecule has 0 aliphatic heterocycles. The molecule has 0 unspecified atom stereocenters. The predicted molar refractivity (Wildman–Crippen MR) is 77.5 cm³/mol. The molecule has 6 nitrogen and oxygen atoms in total. The van der Waals surface area contributed by atoms with Crippen LogP contribution in [0.5, 0.6) is 0 Å². The molecule has 0 radical (unpaired) electrons. The first-order chi connectivity index (χ1) is 9.79. The van der Waals surface area contributed by atoms with Gasteiger partial charge in [0.1, 0.15) is 11.6 Å². The third kappa shape index (κ3) is 4.24. The van der Waals surface area contributed by atoms with E-state index in [0.29, 0.717) is 18.9 Å². The van der Waals surface area contributed by atoms with Crippen LogP contribution in [0.1, 0.15) is 31.1 Å². The molecule has 0 spiro atoms. The Kier molecular flexibility index (Phi) is 5.37. The SMILES string of the molecule is CCCCNCc1cnc(=O)[nH]c1NCc1ccco1. The van der Waals surface area contributed by atoms with Gasteiger partial charge >= 0.3 is 5.69 Å². The van der Waals surface area contributed by atoms with Crippen molar-refractivity contribution in [2.45, 2.75) is 32.9 Å². The van der Waals surface area contributed by atoms with E-state index in [9.17, 15) is 4.79 Å². The van der Waals surface area contributed by atoms with Gasteiger partial charge in [0.25, 0.3) is 0 Å². The average Bonchev–Trinajstić information content (AvgIpc) is 2.96. The van der Waals surface area contributed by atoms with Crippen LogP contribution in [-0.2, 0) is 13.1 Å². The molecule has 0 aromatic carbocycles. The molecular weight excluding hydrogens is 256 g/mol. The van der Waals surface area contributed by atoms with Gasteiger partial charge in [0.15, 0.2) is 0 Å². The highest BCUT2D eigenvalue weighted by molar-refractivity contribution is 5.42. The molecule has 0 saturated heterocycles. The highest BCUT2D eigenvalue weighted by atomic mass is 16.3. The van der Waals surface area contributed by atoms with Gasteiger partial charge in [0, 0.05) is 18.3 Å². The summed E-state index contributed by atoms with van der Waals surface area (Å²) in [4.78, 5) is 17.8. The first kappa shape index (κ1) is 14.3. The van der Waals surface area contributed by atoms with Crippen molar-refractivity contribution >= 4 is 5.82 Å². The number of nitrogens with one attached hydrogen (secondary N) is 3. The molecule has 2 rings (SSSR count). The fourth-order valence-electron chi connectivity index (χ4n) is 1.83. The minimum atomic E-state index is -0.357. The molecule has 2 heterocycles. The summed E-state index contributed by atoms with van der Waals surface area (Å²) in [6, 6.07) is 3.71. The molecule has 2 aromatic rings. The van der Waals surface area contributed by atoms with E-state index in [0.717, 1.165) is 30.7 Å². The van der Waals surface area contributed by atoms with Crippen molar-refractivity contribution in [2.75, 3.05) is 11.9 Å². The number of hydrogen-bond acceptors (Lipinski definition) is 5. The fraction of sp³-hybridized carbons (Fsp3) is 0.429. The minimum Gasteiger partial charge on any atom is -0.467 e. The quantitative estimate of drug-likeness (QED) is 0.641. The lowest BCUT2D eigenvalue weighted by molar-refractivity contribution is 0.517. The maximum absolute atomic E-state index is 11.3. The van der Waals surface area contributed by atoms with Crippen molar-refractivity contribution in [3.05, 3.63) is 46.4 Å². The molecule has 3 N–H and O–H groups in total. The van der Waals surface area contributed by atoms with Gasteiger partial charge in [-0.15, -0.1) is 0 Å². The van der Waals surface area contributed by atoms with Crippen molar-refractivity contribution in [3.63, 3.8) is 0 Å². The van der Waals surface area contributed by atoms with E-state index in [2.05, 4.69) is 27.5 Å². The van der Waals surface area contributed by atoms with E-state index in [-0.39, 0.29) is 5.69 Å². The van der Waals surface area contributed by atoms with Crippen LogP contribution in [0.3, 0.4) is 0 Å². The normalized spacial score (nSPS) is 10.7. The van der Waals surface area contributed by atoms with Gasteiger partial charge in [0.2, 0.25) is 0 Å². The van der Waals surface area contributed by atoms with E-state index < -0.39 is 0 Å². The van der Waals surface area contributed by atoms with E-state index in [1.807, 2.05) is 12.1 Å². The Balaban J connectivity index is 1.97. The van der Waals surface area contributed by atoms with E-state index in [1.54, 1.807) is 12.5 Å². The van der Waals surface area contributed by atoms with Crippen LogP contribution in [-0.4, -0.2) is 16.5 Å². The summed E-state index contributed by atoms with van der Waals surface area (Å²) in [7, 11) is 0. The van der Waals surface area contributed by atoms with Gasteiger partial charge in [-0.25, -0.2) is 9.78 Å². The third-order valence-corrected chi connectivity index (χ3v) is 2.93. The first-order valence-corrected chi connectivity index (χ1v) is 6.84. The second kappa shape index (κ2) is 7.49. The Morgan fingerprint density at radius 1 is 1.40 bits per heavy atom. The number of furan rings is 1. The molecule has 0 atom stereocenters. The Labute approximate surface area is 117 Å². The zero-order chi connectivity index (χ0) is 14.2. The molecule has 20 heavy (non-hydrogen) atoms. The summed E-state index contributed by atoms with van der Waals surface area (Å²) >= 11 is 0. The zero-order valence-corrected chi connectivity index (χ0v) is 11.6. The largest absolute Gasteiger partial charge is 0.467 e. The summed E-state index contributed by atoms with van der Waals surface area (Å²) in [5.41, 5.74) is 0.580. The number of unbranched alkanes of at least 4 members (excludes halogenated alkanes) is 1. The standard InChI is InChI=1S/C14H20N4O2/c1-2-3-6-15-8-11-9-17-14(19)18-13(11)16-10-12-5-4-7-20-12/h4-5,7,9,15H,2-3,6,8,10H2,1H3,(H2,16,17,18,19). The lowest BCUT2D eigenvalue weighted by Crippen LogP contribution is -2.20. The molecule has 0 aliphatic rings. The number of hydrogen-bond donors (Lipinski definition) is 3. The van der Waals surface area contributed by atoms with E-state index in [4.69, 9.17) is 4.42 Å². The molecular formula is C14H20N4O2. The van der Waals surface area contributed by atoms with Gasteiger partial charge in [-0.2, -0.15) is 0 Å². The Hall–Kier alpha value is -2.08. The summed E-state index contributed by atoms with van der Waals surface area (Å²) in [6.07, 6.45) is 5.51. The Bertz CT molecular complexity index is 563. The number of nitrogens with zero attached hydrogens (tertiary/aromatic N) is 1. The van der Waals surface area contributed by atoms with Gasteiger partial charge in [-0.1, -0.05) is 13.3 Å². The second-order valence-electron chi connectivity index (χ2n) is 4.55. The van der Waals surface area contributed by atoms with Gasteiger partial charge in [-0.3, -0.25) is 4.98 Å². The van der Waals surface area contributed by atoms with E-state index in [1.165, 1.54) is 0 Å². The van der Waals surface area contributed by atoms with E-state index >= 15 is 0 Å². The summed E-state index contributed by atoms with van der Waals surface area (Å²) in [6.45, 7) is 4.30. The highest BCUT2D eigenvalue weighted by Crippen LogP contribution is 2.10. The van der Waals surface area contributed by atoms with Crippen LogP contribution >= 0.6 is 0 Å². The Morgan fingerprint density at radius 3 is 3.05 bits per heavy atom. The van der Waals surface area contributed by atoms with Crippen molar-refractivity contribution in [2.24, 2.45) is 0 Å². The molecule has 0 aliphatic carbocycles. The number of H-pyrrole nitrogens is 1. The van der Waals surface area contributed by atoms with Crippen LogP contribution < -0.4 is 16.3 Å². The lowest BCUT2D eigenvalue weighted by Gasteiger charge is -2.10. The van der Waals surface area contributed by atoms with Gasteiger partial charge in [-0.05, 0) is 25.1 Å². The molecule has 0 amide bonds. The zero-order valence-electron chi connectivity index (χ0n) is 11.6. The lowest BCUT2D eigenvalue weighted by atomic mass is 10.2. The number of aromatic amines is 1. The second-order valence-corrected chi connectivity index (χ2v) is 4.55. The third-order valence-electron chi connectivity index (χ3n) is 2.93. The average molecular weight is 276 g/mol. The summed E-state index contributed by atoms with van der Waals surface area (Å²) in [5, 5.41) is 6.50. The maximum atomic E-state index is 11.3. The number of anilines is 1. The molecule has 108 valence electrons. The van der Waals surface area contributed by atoms with Gasteiger partial charge in [0.05, 0.1) is 12.8 Å². The molecule has 0 bridgehead atoms. The smallest absolute Gasteiger partial charge is 0.346 e. The monoisotopic (exact) mass is 276 g/mol. The molecule has 0 fully saturated rings. The van der Waals surface area contributed by atoms with Crippen LogP contribution in [0.25, 0.3) is 0 Å². The molecule has 0 saturated carbocycles. The summed E-state index contributed by atoms with van der Waals surface area (Å²) < 4.78 is 5.25. The van der Waals surface area contributed by atoms with Crippen molar-refractivity contribution in [3.8, 4) is 0 Å². The highest BCUT2D eigenvalue weighted by Gasteiger charge is 2.05. The molecule has 6 heteroatoms. The minimum absolute atomic E-state index is 0.357. The topological polar surface area (TPSA) is 83.0 Å². The van der Waals surface area contributed by atoms with Crippen LogP contribution in [0, 0.1) is 0 Å². The van der Waals surface area contributed by atoms with Crippen LogP contribution in [0.15, 0.2) is 33.8 Å². The fourth-order valence-corrected chi connectivity index (χ4v) is 1.83. The van der Waals surface area contributed by atoms with Crippen molar-refractivity contribution < 1.29 is 4.42 Å². The number of rotatable bonds is 8. The van der Waals surface area contributed by atoms with Crippen molar-refractivity contribution in [1.82, 2.24) is 15.3 Å². The summed E-state index contributed by atoms with van der Waals surface area (Å²) in [5.74, 6) is 1.50. The van der Waals surface area contributed by atoms with Crippen LogP contribution in [0.4, 0.5) is 5.82 Å². The molecule has 2 aromatic heterocycles. The van der Waals surface area contributed by atoms with Gasteiger partial charge < -0.3 is 15.1 Å². The maximum Gasteiger partial charge on any atom is 0.346 e. The predicted octanol–water partition coefficient (Wildman–Crippen LogP) is 1.86. The number of aromatic nitrogens is 2. The van der Waals surface area contributed by atoms with Crippen molar-refractivity contribution in [1.29, 1.82) is 0 Å². The first-order valence-electron chi connectivity index (χ1n) is 6.84.